The summed E-state index contributed by atoms with van der Waals surface area (Å²) in [5.41, 5.74) is 5.56. The quantitative estimate of drug-likeness (QED) is 0.660. The van der Waals surface area contributed by atoms with E-state index in [1.54, 1.807) is 0 Å². The minimum absolute atomic E-state index is 0.302. The predicted molar refractivity (Wildman–Crippen MR) is 51.4 cm³/mol. The third kappa shape index (κ3) is 1.85. The molecular formula is C7H17N3O2S. The molecule has 13 heavy (non-hydrogen) atoms. The predicted octanol–water partition coefficient (Wildman–Crippen LogP) is -0.784. The van der Waals surface area contributed by atoms with Crippen LogP contribution in [0.1, 0.15) is 13.3 Å². The van der Waals surface area contributed by atoms with Crippen LogP contribution in [-0.2, 0) is 10.2 Å². The van der Waals surface area contributed by atoms with Gasteiger partial charge in [0.25, 0.3) is 10.2 Å². The molecule has 0 atom stereocenters. The molecule has 0 amide bonds. The zero-order valence-electron chi connectivity index (χ0n) is 8.32. The van der Waals surface area contributed by atoms with Crippen molar-refractivity contribution in [3.63, 3.8) is 0 Å². The Morgan fingerprint density at radius 3 is 2.23 bits per heavy atom. The molecule has 1 saturated heterocycles. The maximum atomic E-state index is 11.5. The van der Waals surface area contributed by atoms with Crippen molar-refractivity contribution in [2.24, 2.45) is 5.73 Å². The van der Waals surface area contributed by atoms with E-state index in [0.717, 1.165) is 6.42 Å². The van der Waals surface area contributed by atoms with E-state index < -0.39 is 10.2 Å². The number of nitrogens with two attached hydrogens (primary N) is 1. The second-order valence-electron chi connectivity index (χ2n) is 3.77. The molecule has 2 N–H and O–H groups in total. The van der Waals surface area contributed by atoms with Crippen LogP contribution in [0.25, 0.3) is 0 Å². The van der Waals surface area contributed by atoms with E-state index >= 15 is 0 Å². The van der Waals surface area contributed by atoms with E-state index in [9.17, 15) is 8.42 Å². The van der Waals surface area contributed by atoms with E-state index in [1.165, 1.54) is 22.7 Å². The molecule has 5 nitrogen and oxygen atoms in total. The molecule has 0 unspecified atom stereocenters. The lowest BCUT2D eigenvalue weighted by Gasteiger charge is -2.46. The van der Waals surface area contributed by atoms with E-state index in [1.807, 2.05) is 6.92 Å². The van der Waals surface area contributed by atoms with Crippen LogP contribution in [0.4, 0.5) is 0 Å². The summed E-state index contributed by atoms with van der Waals surface area (Å²) < 4.78 is 25.6. The summed E-state index contributed by atoms with van der Waals surface area (Å²) in [7, 11) is -0.183. The molecule has 1 rings (SSSR count). The Balaban J connectivity index is 2.63. The van der Waals surface area contributed by atoms with Gasteiger partial charge in [0.2, 0.25) is 0 Å². The van der Waals surface area contributed by atoms with Crippen LogP contribution in [0.15, 0.2) is 0 Å². The fourth-order valence-corrected chi connectivity index (χ4v) is 2.58. The Kier molecular flexibility index (Phi) is 2.68. The number of rotatable bonds is 3. The van der Waals surface area contributed by atoms with E-state index in [0.29, 0.717) is 13.1 Å². The SMILES string of the molecule is CCC1(N)CN(S(=O)(=O)N(C)C)C1. The van der Waals surface area contributed by atoms with Gasteiger partial charge in [-0.3, -0.25) is 0 Å². The molecular weight excluding hydrogens is 190 g/mol. The number of hydrogen-bond acceptors (Lipinski definition) is 3. The topological polar surface area (TPSA) is 66.6 Å². The number of nitrogens with zero attached hydrogens (tertiary/aromatic N) is 2. The summed E-state index contributed by atoms with van der Waals surface area (Å²) >= 11 is 0. The first kappa shape index (κ1) is 10.9. The van der Waals surface area contributed by atoms with Gasteiger partial charge in [0.05, 0.1) is 0 Å². The Morgan fingerprint density at radius 2 is 1.92 bits per heavy atom. The van der Waals surface area contributed by atoms with Gasteiger partial charge in [-0.1, -0.05) is 6.92 Å². The molecule has 1 aliphatic rings. The highest BCUT2D eigenvalue weighted by Crippen LogP contribution is 2.25. The van der Waals surface area contributed by atoms with Gasteiger partial charge in [-0.05, 0) is 6.42 Å². The van der Waals surface area contributed by atoms with Crippen LogP contribution < -0.4 is 5.73 Å². The maximum absolute atomic E-state index is 11.5. The minimum Gasteiger partial charge on any atom is -0.323 e. The molecule has 0 saturated carbocycles. The van der Waals surface area contributed by atoms with Crippen molar-refractivity contribution in [3.05, 3.63) is 0 Å². The minimum atomic E-state index is -3.23. The van der Waals surface area contributed by atoms with Crippen molar-refractivity contribution in [1.29, 1.82) is 0 Å². The first-order valence-electron chi connectivity index (χ1n) is 4.28. The van der Waals surface area contributed by atoms with Gasteiger partial charge in [-0.2, -0.15) is 17.0 Å². The molecule has 1 fully saturated rings. The molecule has 0 spiro atoms. The Hall–Kier alpha value is -0.170. The third-order valence-corrected chi connectivity index (χ3v) is 4.31. The average molecular weight is 207 g/mol. The normalized spacial score (nSPS) is 23.2. The lowest BCUT2D eigenvalue weighted by molar-refractivity contribution is 0.146. The Labute approximate surface area is 79.7 Å². The van der Waals surface area contributed by atoms with Crippen molar-refractivity contribution in [2.75, 3.05) is 27.2 Å². The summed E-state index contributed by atoms with van der Waals surface area (Å²) in [5, 5.41) is 0. The zero-order chi connectivity index (χ0) is 10.3. The highest BCUT2D eigenvalue weighted by atomic mass is 32.2. The smallest absolute Gasteiger partial charge is 0.281 e. The standard InChI is InChI=1S/C7H17N3O2S/c1-4-7(8)5-10(6-7)13(11,12)9(2)3/h4-6,8H2,1-3H3. The summed E-state index contributed by atoms with van der Waals surface area (Å²) in [6.07, 6.45) is 0.812. The van der Waals surface area contributed by atoms with Crippen molar-refractivity contribution in [3.8, 4) is 0 Å². The summed E-state index contributed by atoms with van der Waals surface area (Å²) in [6, 6.07) is 0. The molecule has 0 radical (unpaired) electrons. The van der Waals surface area contributed by atoms with Gasteiger partial charge in [0, 0.05) is 32.7 Å². The van der Waals surface area contributed by atoms with Crippen molar-refractivity contribution in [2.45, 2.75) is 18.9 Å². The van der Waals surface area contributed by atoms with Crippen LogP contribution in [-0.4, -0.2) is 49.8 Å². The van der Waals surface area contributed by atoms with E-state index in [4.69, 9.17) is 5.73 Å². The van der Waals surface area contributed by atoms with Crippen LogP contribution in [0.5, 0.6) is 0 Å². The van der Waals surface area contributed by atoms with Gasteiger partial charge in [0.15, 0.2) is 0 Å². The molecule has 0 aromatic rings. The van der Waals surface area contributed by atoms with Crippen molar-refractivity contribution >= 4 is 10.2 Å². The highest BCUT2D eigenvalue weighted by molar-refractivity contribution is 7.86. The summed E-state index contributed by atoms with van der Waals surface area (Å²) in [6.45, 7) is 2.84. The van der Waals surface area contributed by atoms with Crippen LogP contribution >= 0.6 is 0 Å². The largest absolute Gasteiger partial charge is 0.323 e. The monoisotopic (exact) mass is 207 g/mol. The lowest BCUT2D eigenvalue weighted by Crippen LogP contribution is -2.69. The molecule has 0 aromatic heterocycles. The molecule has 0 bridgehead atoms. The second-order valence-corrected chi connectivity index (χ2v) is 5.92. The van der Waals surface area contributed by atoms with Crippen LogP contribution in [0.2, 0.25) is 0 Å². The van der Waals surface area contributed by atoms with Gasteiger partial charge in [0.1, 0.15) is 0 Å². The average Bonchev–Trinajstić information content (AvgIpc) is 1.98. The molecule has 1 heterocycles. The zero-order valence-corrected chi connectivity index (χ0v) is 9.13. The summed E-state index contributed by atoms with van der Waals surface area (Å²) in [4.78, 5) is 0. The van der Waals surface area contributed by atoms with Gasteiger partial charge >= 0.3 is 0 Å². The van der Waals surface area contributed by atoms with Gasteiger partial charge < -0.3 is 5.73 Å². The van der Waals surface area contributed by atoms with Gasteiger partial charge in [-0.15, -0.1) is 0 Å². The Morgan fingerprint density at radius 1 is 1.46 bits per heavy atom. The first-order valence-corrected chi connectivity index (χ1v) is 5.68. The van der Waals surface area contributed by atoms with E-state index in [2.05, 4.69) is 0 Å². The molecule has 0 aromatic carbocycles. The molecule has 78 valence electrons. The first-order chi connectivity index (χ1) is 5.82. The molecule has 6 heteroatoms. The summed E-state index contributed by atoms with van der Waals surface area (Å²) in [5.74, 6) is 0. The van der Waals surface area contributed by atoms with Gasteiger partial charge in [-0.25, -0.2) is 0 Å². The fraction of sp³-hybridized carbons (Fsp3) is 1.00. The van der Waals surface area contributed by atoms with Crippen LogP contribution in [0.3, 0.4) is 0 Å². The molecule has 1 aliphatic heterocycles. The van der Waals surface area contributed by atoms with E-state index in [-0.39, 0.29) is 5.54 Å². The number of hydrogen-bond donors (Lipinski definition) is 1. The maximum Gasteiger partial charge on any atom is 0.281 e. The molecule has 0 aliphatic carbocycles. The van der Waals surface area contributed by atoms with Crippen LogP contribution in [0, 0.1) is 0 Å². The second kappa shape index (κ2) is 3.20. The third-order valence-electron chi connectivity index (χ3n) is 2.47. The Bertz CT molecular complexity index is 280. The van der Waals surface area contributed by atoms with Crippen molar-refractivity contribution in [1.82, 2.24) is 8.61 Å². The highest BCUT2D eigenvalue weighted by Gasteiger charge is 2.44. The lowest BCUT2D eigenvalue weighted by atomic mass is 9.91. The fourth-order valence-electron chi connectivity index (χ4n) is 1.27. The van der Waals surface area contributed by atoms with Crippen molar-refractivity contribution < 1.29 is 8.42 Å².